The number of aryl methyl sites for hydroxylation is 1. The average Bonchev–Trinajstić information content (AvgIpc) is 3.10. The number of benzene rings is 2. The number of aromatic nitrogens is 3. The van der Waals surface area contributed by atoms with Crippen molar-refractivity contribution in [2.24, 2.45) is 0 Å². The maximum atomic E-state index is 12.8. The van der Waals surface area contributed by atoms with E-state index in [4.69, 9.17) is 11.6 Å². The lowest BCUT2D eigenvalue weighted by atomic mass is 10.1. The Hall–Kier alpha value is -2.97. The van der Waals surface area contributed by atoms with Gasteiger partial charge in [-0.2, -0.15) is 0 Å². The van der Waals surface area contributed by atoms with Gasteiger partial charge in [-0.05, 0) is 25.5 Å². The SMILES string of the molecule is CCCCCS(=O)(=O)NC(=O)c1cccc2c1nc(C)n2Cc1ncc2ccccc2c1Cl. The second-order valence-corrected chi connectivity index (χ2v) is 10.2. The Morgan fingerprint density at radius 1 is 1.12 bits per heavy atom. The number of hydrogen-bond donors (Lipinski definition) is 1. The normalized spacial score (nSPS) is 11.8. The number of amides is 1. The molecule has 9 heteroatoms. The molecule has 2 aromatic carbocycles. The molecular formula is C24H25ClN4O3S. The molecule has 4 aromatic rings. The van der Waals surface area contributed by atoms with Gasteiger partial charge in [0.05, 0.1) is 34.1 Å². The van der Waals surface area contributed by atoms with Crippen molar-refractivity contribution in [1.29, 1.82) is 0 Å². The van der Waals surface area contributed by atoms with E-state index in [2.05, 4.69) is 14.7 Å². The molecule has 1 N–H and O–H groups in total. The summed E-state index contributed by atoms with van der Waals surface area (Å²) in [4.78, 5) is 21.9. The summed E-state index contributed by atoms with van der Waals surface area (Å²) < 4.78 is 28.7. The first-order chi connectivity index (χ1) is 15.8. The number of hydrogen-bond acceptors (Lipinski definition) is 5. The van der Waals surface area contributed by atoms with Gasteiger partial charge in [-0.15, -0.1) is 0 Å². The van der Waals surface area contributed by atoms with Gasteiger partial charge in [0.25, 0.3) is 5.91 Å². The van der Waals surface area contributed by atoms with Crippen LogP contribution in [0.4, 0.5) is 0 Å². The number of halogens is 1. The molecule has 2 aromatic heterocycles. The van der Waals surface area contributed by atoms with Crippen LogP contribution in [0.15, 0.2) is 48.7 Å². The van der Waals surface area contributed by atoms with Gasteiger partial charge in [-0.1, -0.05) is 61.7 Å². The number of rotatable bonds is 8. The Morgan fingerprint density at radius 2 is 1.91 bits per heavy atom. The number of nitrogens with one attached hydrogen (secondary N) is 1. The van der Waals surface area contributed by atoms with Crippen molar-refractivity contribution in [3.05, 3.63) is 70.8 Å². The fraction of sp³-hybridized carbons (Fsp3) is 0.292. The van der Waals surface area contributed by atoms with Crippen LogP contribution in [0.2, 0.25) is 5.02 Å². The van der Waals surface area contributed by atoms with Gasteiger partial charge < -0.3 is 4.57 Å². The smallest absolute Gasteiger partial charge is 0.266 e. The molecular weight excluding hydrogens is 460 g/mol. The van der Waals surface area contributed by atoms with Crippen molar-refractivity contribution in [1.82, 2.24) is 19.3 Å². The molecule has 172 valence electrons. The van der Waals surface area contributed by atoms with Crippen LogP contribution in [0.3, 0.4) is 0 Å². The molecule has 4 rings (SSSR count). The number of sulfonamides is 1. The lowest BCUT2D eigenvalue weighted by molar-refractivity contribution is 0.0983. The third-order valence-corrected chi connectivity index (χ3v) is 7.34. The number of nitrogens with zero attached hydrogens (tertiary/aromatic N) is 3. The summed E-state index contributed by atoms with van der Waals surface area (Å²) in [6, 6.07) is 12.9. The van der Waals surface area contributed by atoms with Crippen molar-refractivity contribution in [3.8, 4) is 0 Å². The minimum Gasteiger partial charge on any atom is -0.322 e. The number of carbonyl (C=O) groups is 1. The highest BCUT2D eigenvalue weighted by molar-refractivity contribution is 7.90. The summed E-state index contributed by atoms with van der Waals surface area (Å²) in [5, 5.41) is 2.44. The van der Waals surface area contributed by atoms with Crippen LogP contribution >= 0.6 is 11.6 Å². The highest BCUT2D eigenvalue weighted by atomic mass is 35.5. The minimum atomic E-state index is -3.71. The Morgan fingerprint density at radius 3 is 2.70 bits per heavy atom. The molecule has 0 bridgehead atoms. The predicted octanol–water partition coefficient (Wildman–Crippen LogP) is 4.84. The van der Waals surface area contributed by atoms with Gasteiger partial charge in [0.2, 0.25) is 10.0 Å². The first-order valence-electron chi connectivity index (χ1n) is 10.8. The molecule has 0 atom stereocenters. The zero-order valence-corrected chi connectivity index (χ0v) is 20.1. The first kappa shape index (κ1) is 23.2. The van der Waals surface area contributed by atoms with Gasteiger partial charge >= 0.3 is 0 Å². The van der Waals surface area contributed by atoms with Crippen LogP contribution in [-0.2, 0) is 16.6 Å². The van der Waals surface area contributed by atoms with Crippen LogP contribution in [-0.4, -0.2) is 34.6 Å². The fourth-order valence-corrected chi connectivity index (χ4v) is 5.22. The van der Waals surface area contributed by atoms with Crippen LogP contribution < -0.4 is 4.72 Å². The number of unbranched alkanes of at least 4 members (excludes halogenated alkanes) is 2. The second kappa shape index (κ2) is 9.49. The summed E-state index contributed by atoms with van der Waals surface area (Å²) in [5.74, 6) is -0.0898. The Labute approximate surface area is 197 Å². The molecule has 0 radical (unpaired) electrons. The third kappa shape index (κ3) is 4.86. The third-order valence-electron chi connectivity index (χ3n) is 5.60. The van der Waals surface area contributed by atoms with E-state index >= 15 is 0 Å². The highest BCUT2D eigenvalue weighted by Gasteiger charge is 2.21. The van der Waals surface area contributed by atoms with E-state index in [-0.39, 0.29) is 11.3 Å². The maximum absolute atomic E-state index is 12.8. The number of para-hydroxylation sites is 1. The molecule has 0 saturated carbocycles. The van der Waals surface area contributed by atoms with E-state index in [1.165, 1.54) is 0 Å². The molecule has 0 aliphatic carbocycles. The van der Waals surface area contributed by atoms with Crippen LogP contribution in [0.25, 0.3) is 21.8 Å². The molecule has 33 heavy (non-hydrogen) atoms. The standard InChI is InChI=1S/C24H25ClN4O3S/c1-3-4-7-13-33(31,32)28-24(30)19-11-8-12-21-23(19)27-16(2)29(21)15-20-22(25)18-10-6-5-9-17(18)14-26-20/h5-6,8-12,14H,3-4,7,13,15H2,1-2H3,(H,28,30). The number of imidazole rings is 1. The molecule has 0 aliphatic heterocycles. The summed E-state index contributed by atoms with van der Waals surface area (Å²) in [6.45, 7) is 4.19. The molecule has 2 heterocycles. The summed E-state index contributed by atoms with van der Waals surface area (Å²) in [7, 11) is -3.71. The van der Waals surface area contributed by atoms with E-state index in [0.717, 1.165) is 23.6 Å². The van der Waals surface area contributed by atoms with E-state index in [0.29, 0.717) is 40.5 Å². The molecule has 0 unspecified atom stereocenters. The summed E-state index contributed by atoms with van der Waals surface area (Å²) >= 11 is 6.64. The highest BCUT2D eigenvalue weighted by Crippen LogP contribution is 2.28. The van der Waals surface area contributed by atoms with Crippen LogP contribution in [0.1, 0.15) is 48.1 Å². The molecule has 0 fully saturated rings. The van der Waals surface area contributed by atoms with Gasteiger partial charge in [0, 0.05) is 17.0 Å². The van der Waals surface area contributed by atoms with E-state index < -0.39 is 15.9 Å². The Balaban J connectivity index is 1.66. The fourth-order valence-electron chi connectivity index (χ4n) is 3.86. The molecule has 0 spiro atoms. The van der Waals surface area contributed by atoms with E-state index in [1.54, 1.807) is 18.3 Å². The van der Waals surface area contributed by atoms with E-state index in [9.17, 15) is 13.2 Å². The average molecular weight is 485 g/mol. The molecule has 1 amide bonds. The van der Waals surface area contributed by atoms with Crippen LogP contribution in [0, 0.1) is 6.92 Å². The van der Waals surface area contributed by atoms with E-state index in [1.807, 2.05) is 48.7 Å². The van der Waals surface area contributed by atoms with Gasteiger partial charge in [0.1, 0.15) is 11.3 Å². The maximum Gasteiger partial charge on any atom is 0.266 e. The van der Waals surface area contributed by atoms with Crippen molar-refractivity contribution in [2.45, 2.75) is 39.7 Å². The van der Waals surface area contributed by atoms with Crippen molar-refractivity contribution in [3.63, 3.8) is 0 Å². The van der Waals surface area contributed by atoms with Crippen molar-refractivity contribution < 1.29 is 13.2 Å². The topological polar surface area (TPSA) is 94.0 Å². The Bertz CT molecular complexity index is 1450. The summed E-state index contributed by atoms with van der Waals surface area (Å²) in [6.07, 6.45) is 3.99. The van der Waals surface area contributed by atoms with Gasteiger partial charge in [-0.25, -0.2) is 18.1 Å². The first-order valence-corrected chi connectivity index (χ1v) is 12.9. The zero-order valence-electron chi connectivity index (χ0n) is 18.5. The molecule has 7 nitrogen and oxygen atoms in total. The largest absolute Gasteiger partial charge is 0.322 e. The monoisotopic (exact) mass is 484 g/mol. The number of fused-ring (bicyclic) bond motifs is 2. The van der Waals surface area contributed by atoms with Crippen LogP contribution in [0.5, 0.6) is 0 Å². The number of carbonyl (C=O) groups excluding carboxylic acids is 1. The summed E-state index contributed by atoms with van der Waals surface area (Å²) in [5.41, 5.74) is 2.04. The quantitative estimate of drug-likeness (QED) is 0.361. The molecule has 0 saturated heterocycles. The Kier molecular flexibility index (Phi) is 6.67. The lowest BCUT2D eigenvalue weighted by Crippen LogP contribution is -2.32. The number of pyridine rings is 1. The predicted molar refractivity (Wildman–Crippen MR) is 131 cm³/mol. The second-order valence-electron chi connectivity index (χ2n) is 7.98. The minimum absolute atomic E-state index is 0.0812. The molecule has 0 aliphatic rings. The lowest BCUT2D eigenvalue weighted by Gasteiger charge is -2.10. The van der Waals surface area contributed by atoms with Gasteiger partial charge in [0.15, 0.2) is 0 Å². The zero-order chi connectivity index (χ0) is 23.6. The van der Waals surface area contributed by atoms with Gasteiger partial charge in [-0.3, -0.25) is 9.78 Å². The van der Waals surface area contributed by atoms with Crippen molar-refractivity contribution >= 4 is 49.3 Å². The van der Waals surface area contributed by atoms with Crippen molar-refractivity contribution in [2.75, 3.05) is 5.75 Å².